The van der Waals surface area contributed by atoms with Gasteiger partial charge in [0, 0.05) is 18.9 Å². The number of hydrogen-bond acceptors (Lipinski definition) is 4. The van der Waals surface area contributed by atoms with Gasteiger partial charge in [-0.05, 0) is 49.7 Å². The smallest absolute Gasteiger partial charge is 0.421 e. The highest BCUT2D eigenvalue weighted by atomic mass is 19.4. The Morgan fingerprint density at radius 3 is 2.50 bits per heavy atom. The Bertz CT molecular complexity index is 802. The first-order chi connectivity index (χ1) is 13.3. The summed E-state index contributed by atoms with van der Waals surface area (Å²) in [4.78, 5) is 9.50. The van der Waals surface area contributed by atoms with E-state index in [4.69, 9.17) is 4.74 Å². The van der Waals surface area contributed by atoms with Gasteiger partial charge in [0.25, 0.3) is 0 Å². The third kappa shape index (κ3) is 4.75. The lowest BCUT2D eigenvalue weighted by Crippen LogP contribution is -2.21. The fraction of sp³-hybridized carbons (Fsp3) is 0.524. The zero-order chi connectivity index (χ0) is 20.3. The van der Waals surface area contributed by atoms with Gasteiger partial charge in [-0.2, -0.15) is 18.2 Å². The van der Waals surface area contributed by atoms with Crippen molar-refractivity contribution in [3.05, 3.63) is 41.6 Å². The Morgan fingerprint density at radius 2 is 1.86 bits per heavy atom. The number of aromatic nitrogens is 2. The third-order valence-electron chi connectivity index (χ3n) is 4.93. The SMILES string of the molecule is CC(C)Cc1ccccc1N(C)c1nc(OC2CCCC2)ncc1C(F)(F)F. The molecule has 4 nitrogen and oxygen atoms in total. The molecule has 0 spiro atoms. The van der Waals surface area contributed by atoms with Gasteiger partial charge in [-0.3, -0.25) is 0 Å². The number of halogens is 3. The van der Waals surface area contributed by atoms with Crippen molar-refractivity contribution in [1.82, 2.24) is 9.97 Å². The van der Waals surface area contributed by atoms with Crippen molar-refractivity contribution >= 4 is 11.5 Å². The van der Waals surface area contributed by atoms with Crippen molar-refractivity contribution in [2.45, 2.75) is 58.2 Å². The van der Waals surface area contributed by atoms with E-state index in [0.717, 1.165) is 43.9 Å². The lowest BCUT2D eigenvalue weighted by Gasteiger charge is -2.25. The summed E-state index contributed by atoms with van der Waals surface area (Å²) in [5.41, 5.74) is 0.810. The second-order valence-corrected chi connectivity index (χ2v) is 7.70. The number of para-hydroxylation sites is 1. The van der Waals surface area contributed by atoms with Crippen LogP contribution in [-0.2, 0) is 12.6 Å². The number of anilines is 2. The van der Waals surface area contributed by atoms with E-state index >= 15 is 0 Å². The molecule has 0 unspecified atom stereocenters. The van der Waals surface area contributed by atoms with Gasteiger partial charge in [0.2, 0.25) is 0 Å². The van der Waals surface area contributed by atoms with Crippen LogP contribution >= 0.6 is 0 Å². The van der Waals surface area contributed by atoms with E-state index in [1.165, 1.54) is 4.90 Å². The highest BCUT2D eigenvalue weighted by Crippen LogP contribution is 2.39. The van der Waals surface area contributed by atoms with Crippen LogP contribution in [0.4, 0.5) is 24.7 Å². The molecule has 7 heteroatoms. The molecule has 1 aliphatic rings. The van der Waals surface area contributed by atoms with Crippen molar-refractivity contribution in [3.8, 4) is 6.01 Å². The Hall–Kier alpha value is -2.31. The Balaban J connectivity index is 2.00. The minimum atomic E-state index is -4.55. The Morgan fingerprint density at radius 1 is 1.18 bits per heavy atom. The minimum absolute atomic E-state index is 0.00286. The first-order valence-corrected chi connectivity index (χ1v) is 9.68. The first-order valence-electron chi connectivity index (χ1n) is 9.68. The van der Waals surface area contributed by atoms with Crippen LogP contribution < -0.4 is 9.64 Å². The average Bonchev–Trinajstić information content (AvgIpc) is 3.13. The van der Waals surface area contributed by atoms with Gasteiger partial charge < -0.3 is 9.64 Å². The maximum Gasteiger partial charge on any atom is 0.421 e. The highest BCUT2D eigenvalue weighted by molar-refractivity contribution is 5.66. The maximum absolute atomic E-state index is 13.6. The number of hydrogen-bond donors (Lipinski definition) is 0. The Kier molecular flexibility index (Phi) is 6.10. The molecule has 1 aliphatic carbocycles. The summed E-state index contributed by atoms with van der Waals surface area (Å²) in [7, 11) is 1.61. The predicted molar refractivity (Wildman–Crippen MR) is 103 cm³/mol. The summed E-state index contributed by atoms with van der Waals surface area (Å²) in [6, 6.07) is 7.48. The molecule has 2 aromatic rings. The average molecular weight is 393 g/mol. The minimum Gasteiger partial charge on any atom is -0.460 e. The lowest BCUT2D eigenvalue weighted by atomic mass is 10.0. The van der Waals surface area contributed by atoms with Crippen LogP contribution in [0.3, 0.4) is 0 Å². The molecular weight excluding hydrogens is 367 g/mol. The summed E-state index contributed by atoms with van der Waals surface area (Å²) in [6.07, 6.45) is 0.888. The fourth-order valence-electron chi connectivity index (χ4n) is 3.59. The zero-order valence-corrected chi connectivity index (χ0v) is 16.5. The van der Waals surface area contributed by atoms with Crippen LogP contribution in [-0.4, -0.2) is 23.1 Å². The van der Waals surface area contributed by atoms with Crippen molar-refractivity contribution in [1.29, 1.82) is 0 Å². The van der Waals surface area contributed by atoms with Gasteiger partial charge in [-0.15, -0.1) is 0 Å². The summed E-state index contributed by atoms with van der Waals surface area (Å²) >= 11 is 0. The molecule has 1 aromatic carbocycles. The molecular formula is C21H26F3N3O. The van der Waals surface area contributed by atoms with Gasteiger partial charge in [0.05, 0.1) is 0 Å². The molecule has 0 atom stereocenters. The molecule has 0 aliphatic heterocycles. The monoisotopic (exact) mass is 393 g/mol. The van der Waals surface area contributed by atoms with E-state index < -0.39 is 11.7 Å². The first kappa shape index (κ1) is 20.4. The maximum atomic E-state index is 13.6. The van der Waals surface area contributed by atoms with E-state index in [1.807, 2.05) is 24.3 Å². The van der Waals surface area contributed by atoms with Crippen LogP contribution in [0.15, 0.2) is 30.5 Å². The highest BCUT2D eigenvalue weighted by Gasteiger charge is 2.37. The molecule has 1 saturated carbocycles. The number of ether oxygens (including phenoxy) is 1. The molecule has 152 valence electrons. The van der Waals surface area contributed by atoms with Gasteiger partial charge >= 0.3 is 12.2 Å². The fourth-order valence-corrected chi connectivity index (χ4v) is 3.59. The summed E-state index contributed by atoms with van der Waals surface area (Å²) in [5, 5.41) is 0. The van der Waals surface area contributed by atoms with E-state index in [9.17, 15) is 13.2 Å². The largest absolute Gasteiger partial charge is 0.460 e. The van der Waals surface area contributed by atoms with Crippen LogP contribution in [0.2, 0.25) is 0 Å². The van der Waals surface area contributed by atoms with Gasteiger partial charge in [-0.1, -0.05) is 32.0 Å². The second kappa shape index (κ2) is 8.37. The van der Waals surface area contributed by atoms with E-state index in [2.05, 4.69) is 23.8 Å². The molecule has 0 bridgehead atoms. The third-order valence-corrected chi connectivity index (χ3v) is 4.93. The predicted octanol–water partition coefficient (Wildman–Crippen LogP) is 5.78. The van der Waals surface area contributed by atoms with E-state index in [1.54, 1.807) is 7.05 Å². The summed E-state index contributed by atoms with van der Waals surface area (Å²) in [5.74, 6) is 0.190. The zero-order valence-electron chi connectivity index (χ0n) is 16.5. The number of rotatable bonds is 6. The lowest BCUT2D eigenvalue weighted by molar-refractivity contribution is -0.137. The molecule has 0 amide bonds. The Labute approximate surface area is 163 Å². The molecule has 1 heterocycles. The van der Waals surface area contributed by atoms with Gasteiger partial charge in [-0.25, -0.2) is 4.98 Å². The van der Waals surface area contributed by atoms with Crippen molar-refractivity contribution < 1.29 is 17.9 Å². The molecule has 1 fully saturated rings. The van der Waals surface area contributed by atoms with Crippen LogP contribution in [0.5, 0.6) is 6.01 Å². The van der Waals surface area contributed by atoms with Crippen molar-refractivity contribution in [3.63, 3.8) is 0 Å². The molecule has 0 saturated heterocycles. The van der Waals surface area contributed by atoms with E-state index in [-0.39, 0.29) is 17.9 Å². The van der Waals surface area contributed by atoms with Crippen LogP contribution in [0.25, 0.3) is 0 Å². The van der Waals surface area contributed by atoms with Gasteiger partial charge in [0.15, 0.2) is 5.82 Å². The molecule has 1 aromatic heterocycles. The number of nitrogens with zero attached hydrogens (tertiary/aromatic N) is 3. The summed E-state index contributed by atoms with van der Waals surface area (Å²) < 4.78 is 46.6. The van der Waals surface area contributed by atoms with Crippen LogP contribution in [0, 0.1) is 5.92 Å². The van der Waals surface area contributed by atoms with Crippen LogP contribution in [0.1, 0.15) is 50.7 Å². The second-order valence-electron chi connectivity index (χ2n) is 7.70. The number of alkyl halides is 3. The topological polar surface area (TPSA) is 38.2 Å². The molecule has 28 heavy (non-hydrogen) atoms. The normalized spacial score (nSPS) is 15.2. The van der Waals surface area contributed by atoms with Crippen molar-refractivity contribution in [2.75, 3.05) is 11.9 Å². The van der Waals surface area contributed by atoms with Gasteiger partial charge in [0.1, 0.15) is 11.7 Å². The molecule has 3 rings (SSSR count). The molecule has 0 radical (unpaired) electrons. The standard InChI is InChI=1S/C21H26F3N3O/c1-14(2)12-15-8-4-7-11-18(15)27(3)19-17(21(22,23)24)13-25-20(26-19)28-16-9-5-6-10-16/h4,7-8,11,13-14,16H,5-6,9-10,12H2,1-3H3. The quantitative estimate of drug-likeness (QED) is 0.623. The molecule has 0 N–H and O–H groups in total. The summed E-state index contributed by atoms with van der Waals surface area (Å²) in [6.45, 7) is 4.16. The van der Waals surface area contributed by atoms with Crippen molar-refractivity contribution in [2.24, 2.45) is 5.92 Å². The number of benzene rings is 1. The van der Waals surface area contributed by atoms with E-state index in [0.29, 0.717) is 11.6 Å².